The third-order valence-corrected chi connectivity index (χ3v) is 9.48. The van der Waals surface area contributed by atoms with Crippen molar-refractivity contribution in [3.05, 3.63) is 96.6 Å². The van der Waals surface area contributed by atoms with Gasteiger partial charge in [-0.2, -0.15) is 9.97 Å². The van der Waals surface area contributed by atoms with Gasteiger partial charge in [-0.3, -0.25) is 0 Å². The lowest BCUT2D eigenvalue weighted by molar-refractivity contribution is 0.639. The maximum Gasteiger partial charge on any atom is 0.232 e. The quantitative estimate of drug-likeness (QED) is 0.253. The zero-order valence-corrected chi connectivity index (χ0v) is 27.2. The summed E-state index contributed by atoms with van der Waals surface area (Å²) in [6.45, 7) is 10.3. The Balaban J connectivity index is 1.03. The molecule has 3 fully saturated rings. The van der Waals surface area contributed by atoms with Crippen LogP contribution in [-0.4, -0.2) is 80.5 Å². The summed E-state index contributed by atoms with van der Waals surface area (Å²) in [6.07, 6.45) is 2.56. The molecule has 0 bridgehead atoms. The zero-order chi connectivity index (χ0) is 31.1. The van der Waals surface area contributed by atoms with Gasteiger partial charge >= 0.3 is 0 Å². The van der Waals surface area contributed by atoms with Gasteiger partial charge in [0.25, 0.3) is 0 Å². The molecule has 9 nitrogen and oxygen atoms in total. The van der Waals surface area contributed by atoms with Crippen molar-refractivity contribution >= 4 is 52.0 Å². The second-order valence-electron chi connectivity index (χ2n) is 12.2. The summed E-state index contributed by atoms with van der Waals surface area (Å²) in [5.74, 6) is 2.40. The topological polar surface area (TPSA) is 66.0 Å². The fraction of sp³-hybridized carbons (Fsp3) is 0.361. The first-order chi connectivity index (χ1) is 22.7. The number of thiocarbonyl (C=S) groups is 1. The first-order valence-electron chi connectivity index (χ1n) is 16.6. The van der Waals surface area contributed by atoms with Crippen LogP contribution in [0.2, 0.25) is 0 Å². The first-order valence-corrected chi connectivity index (χ1v) is 17.0. The molecule has 46 heavy (non-hydrogen) atoms. The molecule has 4 heterocycles. The fourth-order valence-corrected chi connectivity index (χ4v) is 6.76. The Labute approximate surface area is 277 Å². The first kappa shape index (κ1) is 30.1. The Bertz CT molecular complexity index is 1480. The number of nitrogens with one attached hydrogen (secondary N) is 2. The highest BCUT2D eigenvalue weighted by molar-refractivity contribution is 7.80. The van der Waals surface area contributed by atoms with E-state index in [1.165, 1.54) is 35.5 Å². The van der Waals surface area contributed by atoms with Crippen molar-refractivity contribution in [1.29, 1.82) is 0 Å². The number of para-hydroxylation sites is 2. The average Bonchev–Trinajstić information content (AvgIpc) is 3.67. The number of piperazine rings is 2. The second-order valence-corrected chi connectivity index (χ2v) is 12.6. The Morgan fingerprint density at radius 2 is 0.978 bits per heavy atom. The number of nitrogens with zero attached hydrogens (tertiary/aromatic N) is 7. The third-order valence-electron chi connectivity index (χ3n) is 9.24. The molecule has 7 rings (SSSR count). The van der Waals surface area contributed by atoms with Crippen LogP contribution in [0.5, 0.6) is 0 Å². The van der Waals surface area contributed by atoms with E-state index in [-0.39, 0.29) is 0 Å². The van der Waals surface area contributed by atoms with Crippen LogP contribution in [0.4, 0.5) is 34.6 Å². The van der Waals surface area contributed by atoms with Crippen molar-refractivity contribution in [1.82, 2.24) is 15.3 Å². The van der Waals surface area contributed by atoms with E-state index in [1.54, 1.807) is 0 Å². The van der Waals surface area contributed by atoms with Gasteiger partial charge in [0, 0.05) is 95.1 Å². The van der Waals surface area contributed by atoms with Gasteiger partial charge in [0.15, 0.2) is 5.11 Å². The van der Waals surface area contributed by atoms with Crippen molar-refractivity contribution in [2.24, 2.45) is 0 Å². The van der Waals surface area contributed by atoms with Crippen LogP contribution >= 0.6 is 12.2 Å². The number of hydrogen-bond donors (Lipinski definition) is 2. The van der Waals surface area contributed by atoms with Gasteiger partial charge in [0.05, 0.1) is 0 Å². The molecule has 0 saturated carbocycles. The molecule has 1 aromatic heterocycles. The van der Waals surface area contributed by atoms with Crippen LogP contribution in [0.25, 0.3) is 0 Å². The molecular weight excluding hydrogens is 591 g/mol. The molecule has 3 aromatic carbocycles. The molecular formula is C36H43N9S. The largest absolute Gasteiger partial charge is 0.372 e. The van der Waals surface area contributed by atoms with Crippen molar-refractivity contribution in [2.45, 2.75) is 19.4 Å². The Morgan fingerprint density at radius 3 is 1.48 bits per heavy atom. The molecule has 0 amide bonds. The lowest BCUT2D eigenvalue weighted by atomic mass is 10.2. The minimum atomic E-state index is 0.523. The van der Waals surface area contributed by atoms with E-state index >= 15 is 0 Å². The highest BCUT2D eigenvalue weighted by atomic mass is 32.1. The second kappa shape index (κ2) is 14.2. The molecule has 10 heteroatoms. The summed E-state index contributed by atoms with van der Waals surface area (Å²) in [5, 5.41) is 7.20. The van der Waals surface area contributed by atoms with E-state index in [9.17, 15) is 0 Å². The highest BCUT2D eigenvalue weighted by Crippen LogP contribution is 2.26. The lowest BCUT2D eigenvalue weighted by Crippen LogP contribution is -2.48. The minimum Gasteiger partial charge on any atom is -0.372 e. The average molecular weight is 634 g/mol. The van der Waals surface area contributed by atoms with Gasteiger partial charge in [-0.25, -0.2) is 0 Å². The predicted octanol–water partition coefficient (Wildman–Crippen LogP) is 5.22. The Morgan fingerprint density at radius 1 is 0.543 bits per heavy atom. The van der Waals surface area contributed by atoms with E-state index in [2.05, 4.69) is 126 Å². The molecule has 0 radical (unpaired) electrons. The predicted molar refractivity (Wildman–Crippen MR) is 195 cm³/mol. The van der Waals surface area contributed by atoms with Gasteiger partial charge in [-0.15, -0.1) is 0 Å². The van der Waals surface area contributed by atoms with E-state index in [0.29, 0.717) is 17.6 Å². The van der Waals surface area contributed by atoms with Crippen LogP contribution in [0.1, 0.15) is 18.4 Å². The molecule has 0 atom stereocenters. The van der Waals surface area contributed by atoms with Crippen LogP contribution in [0.15, 0.2) is 91.0 Å². The summed E-state index contributed by atoms with van der Waals surface area (Å²) in [6, 6.07) is 32.3. The van der Waals surface area contributed by atoms with Gasteiger partial charge in [0.1, 0.15) is 11.6 Å². The zero-order valence-electron chi connectivity index (χ0n) is 26.4. The maximum atomic E-state index is 5.74. The number of benzene rings is 3. The number of hydrogen-bond acceptors (Lipinski definition) is 8. The SMILES string of the molecule is S=C(NCc1ccc(N2CCCC2)cc1)Nc1nc(N2CCN(c3ccccc3)CC2)cc(N2CCN(c3ccccc3)CC2)n1. The molecule has 2 N–H and O–H groups in total. The van der Waals surface area contributed by atoms with E-state index < -0.39 is 0 Å². The summed E-state index contributed by atoms with van der Waals surface area (Å²) in [5.41, 5.74) is 5.03. The molecule has 3 aliphatic heterocycles. The van der Waals surface area contributed by atoms with E-state index in [1.807, 2.05) is 0 Å². The van der Waals surface area contributed by atoms with Gasteiger partial charge in [-0.05, 0) is 67.0 Å². The molecule has 0 spiro atoms. The standard InChI is InChI=1S/C36H43N9S/c46-36(37-28-29-13-15-32(16-14-29)41-17-7-8-18-41)40-35-38-33(44-23-19-42(20-24-44)30-9-3-1-4-10-30)27-34(39-35)45-25-21-43(22-26-45)31-11-5-2-6-12-31/h1-6,9-16,27H,7-8,17-26,28H2,(H2,37,38,39,40,46). The van der Waals surface area contributed by atoms with Crippen molar-refractivity contribution < 1.29 is 0 Å². The van der Waals surface area contributed by atoms with Crippen molar-refractivity contribution in [3.8, 4) is 0 Å². The van der Waals surface area contributed by atoms with Crippen molar-refractivity contribution in [3.63, 3.8) is 0 Å². The Kier molecular flexibility index (Phi) is 9.32. The molecule has 0 unspecified atom stereocenters. The third kappa shape index (κ3) is 7.28. The van der Waals surface area contributed by atoms with Crippen molar-refractivity contribution in [2.75, 3.05) is 95.3 Å². The highest BCUT2D eigenvalue weighted by Gasteiger charge is 2.23. The molecule has 238 valence electrons. The molecule has 0 aliphatic carbocycles. The number of anilines is 6. The smallest absolute Gasteiger partial charge is 0.232 e. The molecule has 3 aliphatic rings. The minimum absolute atomic E-state index is 0.523. The maximum absolute atomic E-state index is 5.74. The van der Waals surface area contributed by atoms with E-state index in [4.69, 9.17) is 22.2 Å². The summed E-state index contributed by atoms with van der Waals surface area (Å²) < 4.78 is 0. The van der Waals surface area contributed by atoms with Gasteiger partial charge in [0.2, 0.25) is 5.95 Å². The van der Waals surface area contributed by atoms with Crippen LogP contribution in [-0.2, 0) is 6.54 Å². The fourth-order valence-electron chi connectivity index (χ4n) is 6.60. The summed E-state index contributed by atoms with van der Waals surface area (Å²) >= 11 is 5.74. The summed E-state index contributed by atoms with van der Waals surface area (Å²) in [7, 11) is 0. The van der Waals surface area contributed by atoms with Crippen LogP contribution in [0, 0.1) is 0 Å². The van der Waals surface area contributed by atoms with Gasteiger partial charge < -0.3 is 35.1 Å². The number of aromatic nitrogens is 2. The Hall–Kier alpha value is -4.57. The van der Waals surface area contributed by atoms with Crippen LogP contribution in [0.3, 0.4) is 0 Å². The normalized spacial score (nSPS) is 16.9. The van der Waals surface area contributed by atoms with Crippen LogP contribution < -0.4 is 35.1 Å². The summed E-state index contributed by atoms with van der Waals surface area (Å²) in [4.78, 5) is 22.0. The number of rotatable bonds is 8. The molecule has 3 saturated heterocycles. The molecule has 4 aromatic rings. The van der Waals surface area contributed by atoms with Gasteiger partial charge in [-0.1, -0.05) is 48.5 Å². The van der Waals surface area contributed by atoms with E-state index in [0.717, 1.165) is 77.1 Å². The monoisotopic (exact) mass is 633 g/mol. The lowest BCUT2D eigenvalue weighted by Gasteiger charge is -2.38.